The van der Waals surface area contributed by atoms with Crippen LogP contribution in [0.3, 0.4) is 0 Å². The van der Waals surface area contributed by atoms with Crippen molar-refractivity contribution in [1.29, 1.82) is 0 Å². The fraction of sp³-hybridized carbons (Fsp3) is 0.562. The van der Waals surface area contributed by atoms with Crippen LogP contribution in [0.1, 0.15) is 25.3 Å². The van der Waals surface area contributed by atoms with Crippen LogP contribution in [0.15, 0.2) is 18.2 Å². The van der Waals surface area contributed by atoms with Crippen LogP contribution in [0.5, 0.6) is 0 Å². The summed E-state index contributed by atoms with van der Waals surface area (Å²) in [7, 11) is 1.60. The number of benzene rings is 1. The van der Waals surface area contributed by atoms with Crippen molar-refractivity contribution in [2.45, 2.75) is 37.8 Å². The molecule has 0 aromatic heterocycles. The van der Waals surface area contributed by atoms with Crippen molar-refractivity contribution < 1.29 is 9.53 Å². The second-order valence-corrected chi connectivity index (χ2v) is 6.61. The third-order valence-corrected chi connectivity index (χ3v) is 4.72. The van der Waals surface area contributed by atoms with E-state index >= 15 is 0 Å². The van der Waals surface area contributed by atoms with Crippen LogP contribution in [0.4, 0.5) is 0 Å². The number of hydrogen-bond donors (Lipinski definition) is 2. The van der Waals surface area contributed by atoms with Crippen molar-refractivity contribution in [3.63, 3.8) is 0 Å². The van der Waals surface area contributed by atoms with Gasteiger partial charge in [0.2, 0.25) is 0 Å². The van der Waals surface area contributed by atoms with Gasteiger partial charge in [-0.2, -0.15) is 0 Å². The molecule has 1 atom stereocenters. The quantitative estimate of drug-likeness (QED) is 0.823. The highest BCUT2D eigenvalue weighted by molar-refractivity contribution is 6.35. The fourth-order valence-corrected chi connectivity index (χ4v) is 3.26. The zero-order valence-electron chi connectivity index (χ0n) is 13.3. The molecule has 2 N–H and O–H groups in total. The average Bonchev–Trinajstić information content (AvgIpc) is 2.50. The van der Waals surface area contributed by atoms with Crippen molar-refractivity contribution in [2.24, 2.45) is 0 Å². The summed E-state index contributed by atoms with van der Waals surface area (Å²) in [5.41, 5.74) is 0.249. The Kier molecular flexibility index (Phi) is 8.11. The molecule has 0 aliphatic carbocycles. The molecule has 23 heavy (non-hydrogen) atoms. The van der Waals surface area contributed by atoms with Gasteiger partial charge in [-0.05, 0) is 57.0 Å². The van der Waals surface area contributed by atoms with Crippen LogP contribution >= 0.6 is 35.6 Å². The molecule has 0 radical (unpaired) electrons. The number of carbonyl (C=O) groups excluding carboxylic acids is 1. The highest BCUT2D eigenvalue weighted by Crippen LogP contribution is 2.24. The molecule has 1 amide bonds. The van der Waals surface area contributed by atoms with Crippen molar-refractivity contribution in [3.05, 3.63) is 33.8 Å². The summed E-state index contributed by atoms with van der Waals surface area (Å²) in [5, 5.41) is 7.52. The number of halogens is 3. The van der Waals surface area contributed by atoms with Crippen LogP contribution in [-0.4, -0.2) is 37.7 Å². The number of ether oxygens (including phenoxy) is 1. The lowest BCUT2D eigenvalue weighted by Gasteiger charge is -2.35. The molecule has 0 spiro atoms. The minimum absolute atomic E-state index is 0. The third-order valence-electron chi connectivity index (χ3n) is 4.13. The van der Waals surface area contributed by atoms with E-state index in [-0.39, 0.29) is 24.4 Å². The summed E-state index contributed by atoms with van der Waals surface area (Å²) < 4.78 is 5.54. The van der Waals surface area contributed by atoms with Gasteiger partial charge in [0.05, 0.1) is 0 Å². The first-order chi connectivity index (χ1) is 10.5. The Labute approximate surface area is 153 Å². The maximum atomic E-state index is 12.6. The number of nitrogens with one attached hydrogen (secondary N) is 2. The van der Waals surface area contributed by atoms with Gasteiger partial charge in [0.1, 0.15) is 5.60 Å². The van der Waals surface area contributed by atoms with Crippen LogP contribution in [0, 0.1) is 0 Å². The van der Waals surface area contributed by atoms with Gasteiger partial charge in [-0.1, -0.05) is 29.3 Å². The lowest BCUT2D eigenvalue weighted by Crippen LogP contribution is -2.55. The van der Waals surface area contributed by atoms with E-state index in [0.29, 0.717) is 29.3 Å². The molecule has 1 aliphatic rings. The van der Waals surface area contributed by atoms with E-state index in [1.807, 2.05) is 13.0 Å². The second-order valence-electron chi connectivity index (χ2n) is 5.76. The van der Waals surface area contributed by atoms with Crippen molar-refractivity contribution >= 4 is 41.5 Å². The minimum atomic E-state index is -0.719. The number of hydrogen-bond acceptors (Lipinski definition) is 3. The van der Waals surface area contributed by atoms with Gasteiger partial charge in [0.25, 0.3) is 5.91 Å². The first-order valence-corrected chi connectivity index (χ1v) is 8.23. The summed E-state index contributed by atoms with van der Waals surface area (Å²) in [6.45, 7) is 3.55. The molecule has 7 heteroatoms. The second kappa shape index (κ2) is 9.09. The van der Waals surface area contributed by atoms with Gasteiger partial charge < -0.3 is 15.4 Å². The number of piperidine rings is 1. The minimum Gasteiger partial charge on any atom is -0.368 e. The van der Waals surface area contributed by atoms with Gasteiger partial charge in [-0.15, -0.1) is 12.4 Å². The highest BCUT2D eigenvalue weighted by atomic mass is 35.5. The largest absolute Gasteiger partial charge is 0.368 e. The van der Waals surface area contributed by atoms with Gasteiger partial charge in [-0.25, -0.2) is 0 Å². The number of carbonyl (C=O) groups is 1. The Bertz CT molecular complexity index is 534. The molecule has 0 saturated carbocycles. The Hall–Kier alpha value is -0.520. The van der Waals surface area contributed by atoms with E-state index in [1.165, 1.54) is 0 Å². The van der Waals surface area contributed by atoms with Crippen LogP contribution < -0.4 is 10.6 Å². The van der Waals surface area contributed by atoms with E-state index in [2.05, 4.69) is 10.6 Å². The zero-order valence-corrected chi connectivity index (χ0v) is 15.7. The summed E-state index contributed by atoms with van der Waals surface area (Å²) >= 11 is 12.1. The fourth-order valence-electron chi connectivity index (χ4n) is 2.78. The Morgan fingerprint density at radius 1 is 1.39 bits per heavy atom. The van der Waals surface area contributed by atoms with Crippen LogP contribution in [0.2, 0.25) is 10.0 Å². The molecule has 1 fully saturated rings. The molecular formula is C16H23Cl3N2O2. The normalized spacial score (nSPS) is 17.9. The Morgan fingerprint density at radius 3 is 2.61 bits per heavy atom. The molecule has 130 valence electrons. The number of methoxy groups -OCH3 is 1. The van der Waals surface area contributed by atoms with Gasteiger partial charge in [0, 0.05) is 23.2 Å². The molecule has 1 saturated heterocycles. The maximum absolute atomic E-state index is 12.6. The monoisotopic (exact) mass is 380 g/mol. The molecular weight excluding hydrogens is 359 g/mol. The molecule has 1 aliphatic heterocycles. The maximum Gasteiger partial charge on any atom is 0.252 e. The molecule has 1 heterocycles. The highest BCUT2D eigenvalue weighted by Gasteiger charge is 2.40. The predicted octanol–water partition coefficient (Wildman–Crippen LogP) is 3.23. The molecule has 1 unspecified atom stereocenters. The molecule has 0 bridgehead atoms. The summed E-state index contributed by atoms with van der Waals surface area (Å²) in [5.74, 6) is -0.0471. The molecule has 1 aromatic rings. The van der Waals surface area contributed by atoms with Gasteiger partial charge in [-0.3, -0.25) is 4.79 Å². The SMILES string of the molecule is COC1(C(=O)NC(C)Cc2ccc(Cl)cc2Cl)CCNCC1.Cl. The van der Waals surface area contributed by atoms with Crippen molar-refractivity contribution in [3.8, 4) is 0 Å². The summed E-state index contributed by atoms with van der Waals surface area (Å²) in [6, 6.07) is 5.38. The zero-order chi connectivity index (χ0) is 16.2. The van der Waals surface area contributed by atoms with Crippen LogP contribution in [-0.2, 0) is 16.0 Å². The van der Waals surface area contributed by atoms with E-state index < -0.39 is 5.60 Å². The number of rotatable bonds is 5. The number of amides is 1. The van der Waals surface area contributed by atoms with E-state index in [0.717, 1.165) is 18.7 Å². The lowest BCUT2D eigenvalue weighted by atomic mass is 9.90. The summed E-state index contributed by atoms with van der Waals surface area (Å²) in [6.07, 6.45) is 2.02. The molecule has 1 aromatic carbocycles. The van der Waals surface area contributed by atoms with E-state index in [4.69, 9.17) is 27.9 Å². The Balaban J connectivity index is 0.00000264. The summed E-state index contributed by atoms with van der Waals surface area (Å²) in [4.78, 5) is 12.6. The molecule has 2 rings (SSSR count). The molecule has 4 nitrogen and oxygen atoms in total. The van der Waals surface area contributed by atoms with Crippen LogP contribution in [0.25, 0.3) is 0 Å². The first kappa shape index (κ1) is 20.5. The lowest BCUT2D eigenvalue weighted by molar-refractivity contribution is -0.147. The standard InChI is InChI=1S/C16H22Cl2N2O2.ClH/c1-11(9-12-3-4-13(17)10-14(12)18)20-15(21)16(22-2)5-7-19-8-6-16;/h3-4,10-11,19H,5-9H2,1-2H3,(H,20,21);1H. The third kappa shape index (κ3) is 5.23. The van der Waals surface area contributed by atoms with E-state index in [9.17, 15) is 4.79 Å². The van der Waals surface area contributed by atoms with E-state index in [1.54, 1.807) is 19.2 Å². The van der Waals surface area contributed by atoms with Crippen molar-refractivity contribution in [1.82, 2.24) is 10.6 Å². The Morgan fingerprint density at radius 2 is 2.04 bits per heavy atom. The average molecular weight is 382 g/mol. The topological polar surface area (TPSA) is 50.4 Å². The van der Waals surface area contributed by atoms with Gasteiger partial charge in [0.15, 0.2) is 0 Å². The van der Waals surface area contributed by atoms with Crippen molar-refractivity contribution in [2.75, 3.05) is 20.2 Å². The predicted molar refractivity (Wildman–Crippen MR) is 96.9 cm³/mol. The van der Waals surface area contributed by atoms with Gasteiger partial charge >= 0.3 is 0 Å². The smallest absolute Gasteiger partial charge is 0.252 e. The first-order valence-electron chi connectivity index (χ1n) is 7.47.